The van der Waals surface area contributed by atoms with E-state index in [0.717, 1.165) is 45.4 Å². The summed E-state index contributed by atoms with van der Waals surface area (Å²) in [4.78, 5) is 4.63. The van der Waals surface area contributed by atoms with Crippen molar-refractivity contribution in [2.45, 2.75) is 32.2 Å². The van der Waals surface area contributed by atoms with Crippen LogP contribution in [0, 0.1) is 0 Å². The zero-order valence-electron chi connectivity index (χ0n) is 13.1. The van der Waals surface area contributed by atoms with Crippen LogP contribution in [0.1, 0.15) is 26.2 Å². The van der Waals surface area contributed by atoms with Gasteiger partial charge in [-0.1, -0.05) is 13.3 Å². The van der Waals surface area contributed by atoms with Gasteiger partial charge in [-0.2, -0.15) is 0 Å². The predicted octanol–water partition coefficient (Wildman–Crippen LogP) is -0.982. The monoisotopic (exact) mass is 289 g/mol. The number of nitrogens with two attached hydrogens (primary N) is 3. The molecule has 0 aromatic heterocycles. The number of rotatable bonds is 14. The number of aliphatic hydroxyl groups is 1. The molecule has 0 heterocycles. The molecule has 122 valence electrons. The van der Waals surface area contributed by atoms with Gasteiger partial charge in [0.15, 0.2) is 0 Å². The van der Waals surface area contributed by atoms with Crippen molar-refractivity contribution < 1.29 is 5.11 Å². The van der Waals surface area contributed by atoms with Crippen LogP contribution in [0.5, 0.6) is 0 Å². The molecule has 20 heavy (non-hydrogen) atoms. The standard InChI is InChI=1S/C14H35N5O/c1-2-3-14(19(10-6-16)11-7-17)4-8-18(9-5-15)12-13-20/h14,20H,2-13,15-17H2,1H3. The molecule has 0 aliphatic carbocycles. The highest BCUT2D eigenvalue weighted by molar-refractivity contribution is 4.74. The molecule has 0 rings (SSSR count). The summed E-state index contributed by atoms with van der Waals surface area (Å²) in [7, 11) is 0. The van der Waals surface area contributed by atoms with E-state index >= 15 is 0 Å². The topological polar surface area (TPSA) is 105 Å². The molecule has 0 aromatic rings. The molecule has 0 radical (unpaired) electrons. The highest BCUT2D eigenvalue weighted by atomic mass is 16.3. The SMILES string of the molecule is CCCC(CCN(CCN)CCO)N(CCN)CCN. The fourth-order valence-corrected chi connectivity index (χ4v) is 2.64. The van der Waals surface area contributed by atoms with Crippen LogP contribution in [0.25, 0.3) is 0 Å². The molecule has 0 amide bonds. The second-order valence-electron chi connectivity index (χ2n) is 5.20. The van der Waals surface area contributed by atoms with E-state index in [1.807, 2.05) is 0 Å². The smallest absolute Gasteiger partial charge is 0.0558 e. The van der Waals surface area contributed by atoms with Crippen molar-refractivity contribution in [1.29, 1.82) is 0 Å². The van der Waals surface area contributed by atoms with Crippen LogP contribution in [0.3, 0.4) is 0 Å². The van der Waals surface area contributed by atoms with Crippen LogP contribution < -0.4 is 17.2 Å². The van der Waals surface area contributed by atoms with E-state index in [2.05, 4.69) is 16.7 Å². The molecule has 0 spiro atoms. The van der Waals surface area contributed by atoms with E-state index < -0.39 is 0 Å². The van der Waals surface area contributed by atoms with Gasteiger partial charge in [-0.3, -0.25) is 9.80 Å². The Morgan fingerprint density at radius 3 is 1.90 bits per heavy atom. The van der Waals surface area contributed by atoms with Crippen molar-refractivity contribution in [3.63, 3.8) is 0 Å². The van der Waals surface area contributed by atoms with E-state index in [1.165, 1.54) is 0 Å². The molecule has 0 aromatic carbocycles. The van der Waals surface area contributed by atoms with Gasteiger partial charge in [-0.25, -0.2) is 0 Å². The van der Waals surface area contributed by atoms with Crippen LogP contribution in [0.4, 0.5) is 0 Å². The fraction of sp³-hybridized carbons (Fsp3) is 1.00. The van der Waals surface area contributed by atoms with Crippen molar-refractivity contribution in [1.82, 2.24) is 9.80 Å². The van der Waals surface area contributed by atoms with Gasteiger partial charge in [0.2, 0.25) is 0 Å². The van der Waals surface area contributed by atoms with Gasteiger partial charge in [0.1, 0.15) is 0 Å². The van der Waals surface area contributed by atoms with E-state index in [-0.39, 0.29) is 6.61 Å². The molecule has 1 unspecified atom stereocenters. The summed E-state index contributed by atoms with van der Waals surface area (Å²) in [6.07, 6.45) is 3.40. The summed E-state index contributed by atoms with van der Waals surface area (Å²) in [6.45, 7) is 8.68. The van der Waals surface area contributed by atoms with Crippen LogP contribution in [0.2, 0.25) is 0 Å². The van der Waals surface area contributed by atoms with Crippen LogP contribution in [-0.4, -0.2) is 79.9 Å². The summed E-state index contributed by atoms with van der Waals surface area (Å²) in [5, 5.41) is 9.08. The summed E-state index contributed by atoms with van der Waals surface area (Å²) in [6, 6.07) is 0.520. The summed E-state index contributed by atoms with van der Waals surface area (Å²) in [5.41, 5.74) is 17.0. The van der Waals surface area contributed by atoms with E-state index in [1.54, 1.807) is 0 Å². The molecule has 0 aliphatic rings. The van der Waals surface area contributed by atoms with Crippen LogP contribution >= 0.6 is 0 Å². The second-order valence-corrected chi connectivity index (χ2v) is 5.20. The predicted molar refractivity (Wildman–Crippen MR) is 85.6 cm³/mol. The van der Waals surface area contributed by atoms with Gasteiger partial charge in [0.25, 0.3) is 0 Å². The van der Waals surface area contributed by atoms with Gasteiger partial charge < -0.3 is 22.3 Å². The Hall–Kier alpha value is -0.240. The largest absolute Gasteiger partial charge is 0.395 e. The quantitative estimate of drug-likeness (QED) is 0.327. The lowest BCUT2D eigenvalue weighted by molar-refractivity contribution is 0.149. The van der Waals surface area contributed by atoms with Crippen molar-refractivity contribution in [3.05, 3.63) is 0 Å². The van der Waals surface area contributed by atoms with Gasteiger partial charge in [0, 0.05) is 51.9 Å². The molecule has 7 N–H and O–H groups in total. The van der Waals surface area contributed by atoms with Gasteiger partial charge in [0.05, 0.1) is 6.61 Å². The van der Waals surface area contributed by atoms with Crippen molar-refractivity contribution in [2.75, 3.05) is 59.0 Å². The summed E-state index contributed by atoms with van der Waals surface area (Å²) >= 11 is 0. The molecule has 0 saturated carbocycles. The van der Waals surface area contributed by atoms with Crippen LogP contribution in [0.15, 0.2) is 0 Å². The third kappa shape index (κ3) is 8.84. The van der Waals surface area contributed by atoms with Gasteiger partial charge in [-0.15, -0.1) is 0 Å². The molecule has 0 saturated heterocycles. The first-order valence-electron chi connectivity index (χ1n) is 7.90. The molecule has 0 bridgehead atoms. The lowest BCUT2D eigenvalue weighted by Gasteiger charge is -2.33. The van der Waals surface area contributed by atoms with Crippen molar-refractivity contribution in [2.24, 2.45) is 17.2 Å². The normalized spacial score (nSPS) is 13.3. The maximum atomic E-state index is 9.08. The van der Waals surface area contributed by atoms with Crippen molar-refractivity contribution >= 4 is 0 Å². The van der Waals surface area contributed by atoms with E-state index in [0.29, 0.717) is 32.2 Å². The first kappa shape index (κ1) is 19.8. The minimum atomic E-state index is 0.188. The lowest BCUT2D eigenvalue weighted by atomic mass is 10.1. The molecular weight excluding hydrogens is 254 g/mol. The number of aliphatic hydroxyl groups excluding tert-OH is 1. The van der Waals surface area contributed by atoms with Crippen molar-refractivity contribution in [3.8, 4) is 0 Å². The molecular formula is C14H35N5O. The fourth-order valence-electron chi connectivity index (χ4n) is 2.64. The maximum absolute atomic E-state index is 9.08. The molecule has 0 fully saturated rings. The average molecular weight is 289 g/mol. The first-order valence-corrected chi connectivity index (χ1v) is 7.90. The minimum Gasteiger partial charge on any atom is -0.395 e. The Morgan fingerprint density at radius 1 is 0.850 bits per heavy atom. The Balaban J connectivity index is 4.39. The Morgan fingerprint density at radius 2 is 1.45 bits per heavy atom. The van der Waals surface area contributed by atoms with Crippen LogP contribution in [-0.2, 0) is 0 Å². The third-order valence-corrected chi connectivity index (χ3v) is 3.61. The summed E-state index contributed by atoms with van der Waals surface area (Å²) in [5.74, 6) is 0. The van der Waals surface area contributed by atoms with E-state index in [9.17, 15) is 0 Å². The highest BCUT2D eigenvalue weighted by Crippen LogP contribution is 2.11. The Labute approximate surface area is 124 Å². The highest BCUT2D eigenvalue weighted by Gasteiger charge is 2.17. The third-order valence-electron chi connectivity index (χ3n) is 3.61. The van der Waals surface area contributed by atoms with E-state index in [4.69, 9.17) is 22.3 Å². The average Bonchev–Trinajstić information content (AvgIpc) is 2.43. The summed E-state index contributed by atoms with van der Waals surface area (Å²) < 4.78 is 0. The second kappa shape index (κ2) is 13.7. The molecule has 1 atom stereocenters. The van der Waals surface area contributed by atoms with Gasteiger partial charge in [-0.05, 0) is 19.4 Å². The van der Waals surface area contributed by atoms with Gasteiger partial charge >= 0.3 is 0 Å². The number of hydrogen-bond acceptors (Lipinski definition) is 6. The lowest BCUT2D eigenvalue weighted by Crippen LogP contribution is -2.44. The Kier molecular flexibility index (Phi) is 13.6. The first-order chi connectivity index (χ1) is 9.73. The Bertz CT molecular complexity index is 194. The number of hydrogen-bond donors (Lipinski definition) is 4. The molecule has 0 aliphatic heterocycles. The zero-order valence-corrected chi connectivity index (χ0v) is 13.1. The zero-order chi connectivity index (χ0) is 15.2. The minimum absolute atomic E-state index is 0.188. The molecule has 6 heteroatoms. The molecule has 6 nitrogen and oxygen atoms in total. The maximum Gasteiger partial charge on any atom is 0.0558 e. The number of nitrogens with zero attached hydrogens (tertiary/aromatic N) is 2.